The van der Waals surface area contributed by atoms with Crippen LogP contribution in [0.3, 0.4) is 0 Å². The molecule has 0 fully saturated rings. The lowest BCUT2D eigenvalue weighted by Crippen LogP contribution is -2.03. The van der Waals surface area contributed by atoms with Crippen LogP contribution in [0.4, 0.5) is 4.39 Å². The highest BCUT2D eigenvalue weighted by atomic mass is 19.1. The molecule has 136 valence electrons. The lowest BCUT2D eigenvalue weighted by Gasteiger charge is -2.12. The maximum absolute atomic E-state index is 14.2. The highest BCUT2D eigenvalue weighted by Gasteiger charge is 2.13. The third-order valence-corrected chi connectivity index (χ3v) is 4.65. The van der Waals surface area contributed by atoms with Gasteiger partial charge < -0.3 is 4.74 Å². The van der Waals surface area contributed by atoms with Crippen molar-refractivity contribution in [1.82, 2.24) is 19.6 Å². The molecule has 0 spiro atoms. The normalized spacial score (nSPS) is 11.1. The zero-order chi connectivity index (χ0) is 18.8. The van der Waals surface area contributed by atoms with Gasteiger partial charge in [-0.3, -0.25) is 9.38 Å². The quantitative estimate of drug-likeness (QED) is 0.538. The van der Waals surface area contributed by atoms with E-state index in [1.54, 1.807) is 25.6 Å². The van der Waals surface area contributed by atoms with Crippen molar-refractivity contribution in [2.45, 2.75) is 19.8 Å². The molecule has 0 atom stereocenters. The van der Waals surface area contributed by atoms with Gasteiger partial charge in [-0.2, -0.15) is 0 Å². The van der Waals surface area contributed by atoms with Gasteiger partial charge in [0.2, 0.25) is 0 Å². The minimum Gasteiger partial charge on any atom is -0.496 e. The zero-order valence-electron chi connectivity index (χ0n) is 15.2. The average molecular weight is 362 g/mol. The van der Waals surface area contributed by atoms with E-state index in [0.29, 0.717) is 24.2 Å². The number of hydrogen-bond acceptors (Lipinski definition) is 4. The van der Waals surface area contributed by atoms with E-state index in [1.807, 2.05) is 35.9 Å². The van der Waals surface area contributed by atoms with Gasteiger partial charge in [0, 0.05) is 34.8 Å². The topological polar surface area (TPSA) is 52.3 Å². The Bertz CT molecular complexity index is 1110. The smallest absolute Gasteiger partial charge is 0.168 e. The highest BCUT2D eigenvalue weighted by molar-refractivity contribution is 5.77. The minimum absolute atomic E-state index is 0.253. The summed E-state index contributed by atoms with van der Waals surface area (Å²) >= 11 is 0. The van der Waals surface area contributed by atoms with Crippen LogP contribution in [0.5, 0.6) is 5.75 Å². The van der Waals surface area contributed by atoms with Gasteiger partial charge in [-0.25, -0.2) is 4.39 Å². The summed E-state index contributed by atoms with van der Waals surface area (Å²) in [6, 6.07) is 11.0. The van der Waals surface area contributed by atoms with Crippen LogP contribution in [0.1, 0.15) is 16.8 Å². The van der Waals surface area contributed by atoms with Gasteiger partial charge in [-0.05, 0) is 55.7 Å². The molecule has 6 heteroatoms. The van der Waals surface area contributed by atoms with E-state index in [0.717, 1.165) is 28.0 Å². The van der Waals surface area contributed by atoms with E-state index < -0.39 is 0 Å². The molecule has 5 nitrogen and oxygen atoms in total. The van der Waals surface area contributed by atoms with Crippen LogP contribution >= 0.6 is 0 Å². The number of ether oxygens (including phenoxy) is 1. The number of fused-ring (bicyclic) bond motifs is 1. The van der Waals surface area contributed by atoms with Crippen molar-refractivity contribution in [1.29, 1.82) is 0 Å². The maximum atomic E-state index is 14.2. The van der Waals surface area contributed by atoms with Gasteiger partial charge in [-0.1, -0.05) is 6.07 Å². The second kappa shape index (κ2) is 7.15. The fraction of sp³-hybridized carbons (Fsp3) is 0.190. The summed E-state index contributed by atoms with van der Waals surface area (Å²) in [6.45, 7) is 2.01. The van der Waals surface area contributed by atoms with Crippen LogP contribution < -0.4 is 4.74 Å². The first kappa shape index (κ1) is 17.1. The second-order valence-electron chi connectivity index (χ2n) is 6.43. The van der Waals surface area contributed by atoms with Crippen LogP contribution in [-0.2, 0) is 12.8 Å². The van der Waals surface area contributed by atoms with Crippen molar-refractivity contribution in [2.75, 3.05) is 7.11 Å². The highest BCUT2D eigenvalue weighted by Crippen LogP contribution is 2.26. The van der Waals surface area contributed by atoms with Crippen molar-refractivity contribution in [3.63, 3.8) is 0 Å². The summed E-state index contributed by atoms with van der Waals surface area (Å²) in [5.41, 5.74) is 5.39. The molecule has 4 rings (SSSR count). The van der Waals surface area contributed by atoms with Gasteiger partial charge in [0.15, 0.2) is 5.65 Å². The van der Waals surface area contributed by atoms with Crippen molar-refractivity contribution in [3.8, 4) is 16.9 Å². The molecule has 0 unspecified atom stereocenters. The molecule has 0 N–H and O–H groups in total. The lowest BCUT2D eigenvalue weighted by molar-refractivity contribution is 0.404. The SMILES string of the molecule is COc1cccc(F)c1CCc1ccc(-c2cncc(C)c2)c2nncn12. The summed E-state index contributed by atoms with van der Waals surface area (Å²) in [5.74, 6) is 0.314. The van der Waals surface area contributed by atoms with Crippen LogP contribution in [0.25, 0.3) is 16.8 Å². The molecule has 3 aromatic heterocycles. The molecule has 0 saturated heterocycles. The van der Waals surface area contributed by atoms with Gasteiger partial charge in [0.25, 0.3) is 0 Å². The minimum atomic E-state index is -0.253. The molecular weight excluding hydrogens is 343 g/mol. The van der Waals surface area contributed by atoms with Crippen molar-refractivity contribution < 1.29 is 9.13 Å². The molecule has 0 aliphatic heterocycles. The maximum Gasteiger partial charge on any atom is 0.168 e. The Kier molecular flexibility index (Phi) is 4.54. The third kappa shape index (κ3) is 3.26. The van der Waals surface area contributed by atoms with Gasteiger partial charge in [0.05, 0.1) is 7.11 Å². The summed E-state index contributed by atoms with van der Waals surface area (Å²) in [5, 5.41) is 8.35. The Morgan fingerprint density at radius 2 is 2.00 bits per heavy atom. The Morgan fingerprint density at radius 3 is 2.81 bits per heavy atom. The second-order valence-corrected chi connectivity index (χ2v) is 6.43. The number of halogens is 1. The predicted octanol–water partition coefficient (Wildman–Crippen LogP) is 4.03. The van der Waals surface area contributed by atoms with Gasteiger partial charge >= 0.3 is 0 Å². The molecule has 0 bridgehead atoms. The number of benzene rings is 1. The zero-order valence-corrected chi connectivity index (χ0v) is 15.2. The summed E-state index contributed by atoms with van der Waals surface area (Å²) in [6.07, 6.45) is 6.49. The standard InChI is InChI=1S/C21H19FN4O/c1-14-10-15(12-23-11-14)17-8-6-16(26-13-24-25-21(17)26)7-9-18-19(22)4-3-5-20(18)27-2/h3-6,8,10-13H,7,9H2,1-2H3. The first-order valence-electron chi connectivity index (χ1n) is 8.72. The van der Waals surface area contributed by atoms with E-state index in [1.165, 1.54) is 6.07 Å². The van der Waals surface area contributed by atoms with E-state index in [4.69, 9.17) is 4.74 Å². The fourth-order valence-corrected chi connectivity index (χ4v) is 3.32. The van der Waals surface area contributed by atoms with Gasteiger partial charge in [0.1, 0.15) is 17.9 Å². The van der Waals surface area contributed by atoms with Crippen molar-refractivity contribution in [2.24, 2.45) is 0 Å². The fourth-order valence-electron chi connectivity index (χ4n) is 3.32. The number of aromatic nitrogens is 4. The largest absolute Gasteiger partial charge is 0.496 e. The third-order valence-electron chi connectivity index (χ3n) is 4.65. The van der Waals surface area contributed by atoms with E-state index >= 15 is 0 Å². The Labute approximate surface area is 156 Å². The Balaban J connectivity index is 1.69. The summed E-state index contributed by atoms with van der Waals surface area (Å²) < 4.78 is 21.4. The van der Waals surface area contributed by atoms with Crippen LogP contribution in [-0.4, -0.2) is 26.7 Å². The van der Waals surface area contributed by atoms with Crippen molar-refractivity contribution >= 4 is 5.65 Å². The van der Waals surface area contributed by atoms with E-state index in [2.05, 4.69) is 21.2 Å². The number of aryl methyl sites for hydroxylation is 2. The van der Waals surface area contributed by atoms with Gasteiger partial charge in [-0.15, -0.1) is 10.2 Å². The molecule has 4 aromatic rings. The molecule has 0 radical (unpaired) electrons. The molecular formula is C21H19FN4O. The summed E-state index contributed by atoms with van der Waals surface area (Å²) in [7, 11) is 1.56. The Morgan fingerprint density at radius 1 is 1.11 bits per heavy atom. The molecule has 0 aliphatic rings. The number of pyridine rings is 2. The number of methoxy groups -OCH3 is 1. The average Bonchev–Trinajstić information content (AvgIpc) is 3.16. The molecule has 0 amide bonds. The first-order valence-corrected chi connectivity index (χ1v) is 8.72. The molecule has 27 heavy (non-hydrogen) atoms. The van der Waals surface area contributed by atoms with Crippen LogP contribution in [0.2, 0.25) is 0 Å². The van der Waals surface area contributed by atoms with Crippen molar-refractivity contribution in [3.05, 3.63) is 77.8 Å². The number of nitrogens with zero attached hydrogens (tertiary/aromatic N) is 4. The Hall–Kier alpha value is -3.28. The monoisotopic (exact) mass is 362 g/mol. The molecule has 1 aromatic carbocycles. The van der Waals surface area contributed by atoms with Crippen LogP contribution in [0.15, 0.2) is 55.1 Å². The molecule has 3 heterocycles. The van der Waals surface area contributed by atoms with Crippen LogP contribution in [0, 0.1) is 12.7 Å². The predicted molar refractivity (Wildman–Crippen MR) is 101 cm³/mol. The van der Waals surface area contributed by atoms with E-state index in [9.17, 15) is 4.39 Å². The van der Waals surface area contributed by atoms with E-state index in [-0.39, 0.29) is 5.82 Å². The number of rotatable bonds is 5. The summed E-state index contributed by atoms with van der Waals surface area (Å²) in [4.78, 5) is 4.27. The first-order chi connectivity index (χ1) is 13.2. The number of hydrogen-bond donors (Lipinski definition) is 0. The molecule has 0 aliphatic carbocycles. The lowest BCUT2D eigenvalue weighted by atomic mass is 10.0. The molecule has 0 saturated carbocycles.